The summed E-state index contributed by atoms with van der Waals surface area (Å²) in [6, 6.07) is 0. The Bertz CT molecular complexity index is 702. The van der Waals surface area contributed by atoms with Gasteiger partial charge in [0.15, 0.2) is 31.6 Å². The Balaban J connectivity index is 2.34. The molecule has 2 rings (SSSR count). The lowest BCUT2D eigenvalue weighted by atomic mass is 9.79. The maximum atomic E-state index is 13.1. The fraction of sp³-hybridized carbons (Fsp3) is 0.619. The molecule has 4 nitrogen and oxygen atoms in total. The third kappa shape index (κ3) is 3.71. The smallest absolute Gasteiger partial charge is 0.198 e. The van der Waals surface area contributed by atoms with Gasteiger partial charge in [-0.05, 0) is 38.9 Å². The zero-order valence-electron chi connectivity index (χ0n) is 17.4. The molecule has 0 aromatic carbocycles. The Labute approximate surface area is 158 Å². The molecule has 2 aliphatic rings. The fourth-order valence-electron chi connectivity index (χ4n) is 2.83. The maximum Gasteiger partial charge on any atom is 0.198 e. The van der Waals surface area contributed by atoms with Crippen LogP contribution in [0.25, 0.3) is 0 Å². The number of ketones is 2. The highest BCUT2D eigenvalue weighted by atomic mass is 28.4. The van der Waals surface area contributed by atoms with Gasteiger partial charge in [0.2, 0.25) is 0 Å². The van der Waals surface area contributed by atoms with Gasteiger partial charge in [0, 0.05) is 17.6 Å². The van der Waals surface area contributed by atoms with Crippen LogP contribution in [0.5, 0.6) is 0 Å². The number of hydrogen-bond donors (Lipinski definition) is 0. The highest BCUT2D eigenvalue weighted by Crippen LogP contribution is 2.49. The van der Waals surface area contributed by atoms with Crippen molar-refractivity contribution in [2.45, 2.75) is 77.8 Å². The molecule has 1 heterocycles. The van der Waals surface area contributed by atoms with E-state index in [1.165, 1.54) is 0 Å². The van der Waals surface area contributed by atoms with Gasteiger partial charge in [-0.1, -0.05) is 44.6 Å². The second-order valence-electron chi connectivity index (χ2n) is 9.01. The minimum Gasteiger partial charge on any atom is -0.412 e. The van der Waals surface area contributed by atoms with Gasteiger partial charge in [-0.3, -0.25) is 9.59 Å². The highest BCUT2D eigenvalue weighted by Gasteiger charge is 2.68. The van der Waals surface area contributed by atoms with Gasteiger partial charge in [-0.2, -0.15) is 0 Å². The first-order valence-electron chi connectivity index (χ1n) is 9.27. The molecule has 1 aliphatic carbocycles. The van der Waals surface area contributed by atoms with E-state index in [0.717, 1.165) is 5.57 Å². The predicted molar refractivity (Wildman–Crippen MR) is 107 cm³/mol. The molecular weight excluding hydrogens is 344 g/mol. The number of carbonyl (C=O) groups excluding carboxylic acids is 2. The molecule has 0 aromatic heterocycles. The fourth-order valence-corrected chi connectivity index (χ4v) is 3.77. The molecule has 0 spiro atoms. The number of epoxide rings is 1. The van der Waals surface area contributed by atoms with Gasteiger partial charge in [-0.25, -0.2) is 0 Å². The molecule has 5 heteroatoms. The number of allylic oxidation sites excluding steroid dienone is 3. The second kappa shape index (κ2) is 7.02. The first-order valence-corrected chi connectivity index (χ1v) is 12.2. The minimum atomic E-state index is -2.02. The average molecular weight is 377 g/mol. The van der Waals surface area contributed by atoms with Crippen LogP contribution in [0.1, 0.15) is 48.0 Å². The van der Waals surface area contributed by atoms with Gasteiger partial charge in [0.1, 0.15) is 0 Å². The SMILES string of the molecule is C/C=C/C1=C(CO[Si](C)(C)C(C)(C)C)C(=O)[C@@H]2O[C@]2(CC=C(C)C)C1=O. The Hall–Kier alpha value is -1.30. The van der Waals surface area contributed by atoms with Crippen LogP contribution in [-0.2, 0) is 18.8 Å². The van der Waals surface area contributed by atoms with E-state index in [9.17, 15) is 9.59 Å². The molecule has 0 amide bonds. The lowest BCUT2D eigenvalue weighted by Crippen LogP contribution is -2.43. The van der Waals surface area contributed by atoms with Crippen molar-refractivity contribution in [2.24, 2.45) is 0 Å². The summed E-state index contributed by atoms with van der Waals surface area (Å²) >= 11 is 0. The molecule has 2 atom stereocenters. The van der Waals surface area contributed by atoms with E-state index in [4.69, 9.17) is 9.16 Å². The summed E-state index contributed by atoms with van der Waals surface area (Å²) in [7, 11) is -2.02. The summed E-state index contributed by atoms with van der Waals surface area (Å²) in [5.74, 6) is -0.190. The van der Waals surface area contributed by atoms with Crippen LogP contribution in [0.3, 0.4) is 0 Å². The molecule has 1 saturated heterocycles. The molecule has 0 aromatic rings. The standard InChI is InChI=1S/C21H32O4Si/c1-9-10-15-16(13-24-26(7,8)20(4,5)6)17(22)19-21(25-19,18(15)23)12-11-14(2)3/h9-11,19H,12-13H2,1-8H3/b10-9+/t19-,21+/m0/s1. The van der Waals surface area contributed by atoms with E-state index >= 15 is 0 Å². The van der Waals surface area contributed by atoms with Crippen LogP contribution in [0.2, 0.25) is 18.1 Å². The van der Waals surface area contributed by atoms with Crippen molar-refractivity contribution in [3.8, 4) is 0 Å². The molecule has 0 saturated carbocycles. The van der Waals surface area contributed by atoms with Crippen molar-refractivity contribution in [1.29, 1.82) is 0 Å². The Kier molecular flexibility index (Phi) is 5.67. The normalized spacial score (nSPS) is 26.4. The molecule has 26 heavy (non-hydrogen) atoms. The molecule has 1 fully saturated rings. The predicted octanol–water partition coefficient (Wildman–Crippen LogP) is 4.53. The van der Waals surface area contributed by atoms with Crippen LogP contribution in [0.4, 0.5) is 0 Å². The summed E-state index contributed by atoms with van der Waals surface area (Å²) in [5, 5.41) is 0.0410. The summed E-state index contributed by atoms with van der Waals surface area (Å²) in [5.41, 5.74) is 1.03. The van der Waals surface area contributed by atoms with E-state index in [0.29, 0.717) is 17.6 Å². The Morgan fingerprint density at radius 2 is 1.88 bits per heavy atom. The zero-order valence-corrected chi connectivity index (χ0v) is 18.4. The topological polar surface area (TPSA) is 55.9 Å². The van der Waals surface area contributed by atoms with Crippen molar-refractivity contribution >= 4 is 19.9 Å². The number of Topliss-reactive ketones (excluding diaryl/α,β-unsaturated/α-hetero) is 2. The van der Waals surface area contributed by atoms with Crippen LogP contribution in [0.15, 0.2) is 34.9 Å². The molecular formula is C21H32O4Si. The Morgan fingerprint density at radius 3 is 2.38 bits per heavy atom. The van der Waals surface area contributed by atoms with E-state index in [1.54, 1.807) is 12.2 Å². The largest absolute Gasteiger partial charge is 0.412 e. The molecule has 144 valence electrons. The third-order valence-electron chi connectivity index (χ3n) is 5.71. The highest BCUT2D eigenvalue weighted by molar-refractivity contribution is 6.74. The van der Waals surface area contributed by atoms with Crippen LogP contribution >= 0.6 is 0 Å². The number of ether oxygens (including phenoxy) is 1. The number of fused-ring (bicyclic) bond motifs is 1. The average Bonchev–Trinajstić information content (AvgIpc) is 3.25. The van der Waals surface area contributed by atoms with Crippen molar-refractivity contribution in [2.75, 3.05) is 6.61 Å². The van der Waals surface area contributed by atoms with Gasteiger partial charge in [0.25, 0.3) is 0 Å². The van der Waals surface area contributed by atoms with Crippen molar-refractivity contribution in [3.05, 3.63) is 34.9 Å². The second-order valence-corrected chi connectivity index (χ2v) is 13.8. The lowest BCUT2D eigenvalue weighted by Gasteiger charge is -2.36. The zero-order chi connectivity index (χ0) is 19.9. The van der Waals surface area contributed by atoms with Gasteiger partial charge >= 0.3 is 0 Å². The summed E-state index contributed by atoms with van der Waals surface area (Å²) < 4.78 is 11.9. The van der Waals surface area contributed by atoms with Crippen molar-refractivity contribution < 1.29 is 18.8 Å². The monoisotopic (exact) mass is 376 g/mol. The minimum absolute atomic E-state index is 0.0410. The van der Waals surface area contributed by atoms with Crippen molar-refractivity contribution in [1.82, 2.24) is 0 Å². The first kappa shape index (κ1) is 21.0. The summed E-state index contributed by atoms with van der Waals surface area (Å²) in [6.07, 6.45) is 5.28. The Morgan fingerprint density at radius 1 is 1.27 bits per heavy atom. The van der Waals surface area contributed by atoms with Gasteiger partial charge in [0.05, 0.1) is 6.61 Å². The van der Waals surface area contributed by atoms with E-state index in [1.807, 2.05) is 26.8 Å². The maximum absolute atomic E-state index is 13.1. The van der Waals surface area contributed by atoms with Crippen LogP contribution in [-0.4, -0.2) is 38.2 Å². The van der Waals surface area contributed by atoms with Crippen LogP contribution < -0.4 is 0 Å². The third-order valence-corrected chi connectivity index (χ3v) is 10.2. The molecule has 0 bridgehead atoms. The molecule has 1 aliphatic heterocycles. The number of hydrogen-bond acceptors (Lipinski definition) is 4. The first-order chi connectivity index (χ1) is 11.9. The summed E-state index contributed by atoms with van der Waals surface area (Å²) in [4.78, 5) is 26.1. The molecule has 0 N–H and O–H groups in total. The van der Waals surface area contributed by atoms with Gasteiger partial charge < -0.3 is 9.16 Å². The van der Waals surface area contributed by atoms with Crippen LogP contribution in [0, 0.1) is 0 Å². The van der Waals surface area contributed by atoms with E-state index in [-0.39, 0.29) is 23.2 Å². The van der Waals surface area contributed by atoms with E-state index < -0.39 is 20.0 Å². The van der Waals surface area contributed by atoms with Gasteiger partial charge in [-0.15, -0.1) is 0 Å². The quantitative estimate of drug-likeness (QED) is 0.388. The van der Waals surface area contributed by atoms with Crippen molar-refractivity contribution in [3.63, 3.8) is 0 Å². The number of carbonyl (C=O) groups is 2. The number of rotatable bonds is 6. The molecule has 0 unspecified atom stereocenters. The summed E-state index contributed by atoms with van der Waals surface area (Å²) in [6.45, 7) is 16.7. The molecule has 0 radical (unpaired) electrons. The lowest BCUT2D eigenvalue weighted by molar-refractivity contribution is -0.122. The van der Waals surface area contributed by atoms with E-state index in [2.05, 4.69) is 33.9 Å².